The van der Waals surface area contributed by atoms with Gasteiger partial charge in [0.2, 0.25) is 5.91 Å². The van der Waals surface area contributed by atoms with Crippen LogP contribution in [0.1, 0.15) is 24.1 Å². The van der Waals surface area contributed by atoms with E-state index in [1.807, 2.05) is 48.2 Å². The number of aromatic nitrogens is 1. The van der Waals surface area contributed by atoms with Crippen LogP contribution in [0.3, 0.4) is 0 Å². The molecule has 2 aromatic rings. The van der Waals surface area contributed by atoms with Crippen LogP contribution in [0, 0.1) is 6.92 Å². The van der Waals surface area contributed by atoms with E-state index in [9.17, 15) is 9.90 Å². The van der Waals surface area contributed by atoms with E-state index >= 15 is 0 Å². The van der Waals surface area contributed by atoms with E-state index in [1.165, 1.54) is 0 Å². The van der Waals surface area contributed by atoms with Gasteiger partial charge in [-0.1, -0.05) is 18.2 Å². The van der Waals surface area contributed by atoms with E-state index in [0.717, 1.165) is 5.56 Å². The van der Waals surface area contributed by atoms with E-state index < -0.39 is 5.60 Å². The lowest BCUT2D eigenvalue weighted by Gasteiger charge is -2.37. The third kappa shape index (κ3) is 4.20. The number of amides is 1. The fourth-order valence-corrected chi connectivity index (χ4v) is 3.22. The molecule has 1 amide bonds. The summed E-state index contributed by atoms with van der Waals surface area (Å²) in [5.41, 5.74) is 1.53. The minimum atomic E-state index is -0.913. The van der Waals surface area contributed by atoms with Crippen molar-refractivity contribution in [3.63, 3.8) is 0 Å². The van der Waals surface area contributed by atoms with Crippen LogP contribution in [-0.4, -0.2) is 47.6 Å². The lowest BCUT2D eigenvalue weighted by atomic mass is 9.87. The molecular formula is C20H25N3O3. The molecule has 0 radical (unpaired) electrons. The normalized spacial score (nSPS) is 16.9. The number of methoxy groups -OCH3 is 1. The summed E-state index contributed by atoms with van der Waals surface area (Å²) in [6.45, 7) is 3.55. The maximum atomic E-state index is 12.3. The Morgan fingerprint density at radius 1 is 1.27 bits per heavy atom. The number of nitrogens with zero attached hydrogens (tertiary/aromatic N) is 2. The molecule has 138 valence electrons. The van der Waals surface area contributed by atoms with Gasteiger partial charge >= 0.3 is 0 Å². The highest BCUT2D eigenvalue weighted by atomic mass is 16.5. The Labute approximate surface area is 153 Å². The van der Waals surface area contributed by atoms with Crippen molar-refractivity contribution in [3.05, 3.63) is 53.9 Å². The van der Waals surface area contributed by atoms with E-state index in [4.69, 9.17) is 4.74 Å². The molecule has 2 heterocycles. The summed E-state index contributed by atoms with van der Waals surface area (Å²) in [5, 5.41) is 13.8. The smallest absolute Gasteiger partial charge is 0.238 e. The molecule has 0 saturated carbocycles. The molecule has 1 aliphatic heterocycles. The van der Waals surface area contributed by atoms with Crippen LogP contribution in [0.5, 0.6) is 5.75 Å². The first kappa shape index (κ1) is 18.4. The summed E-state index contributed by atoms with van der Waals surface area (Å²) in [6.07, 6.45) is 2.90. The minimum absolute atomic E-state index is 0.0894. The van der Waals surface area contributed by atoms with Gasteiger partial charge in [-0.2, -0.15) is 0 Å². The first-order valence-corrected chi connectivity index (χ1v) is 8.81. The first-order valence-electron chi connectivity index (χ1n) is 8.81. The molecule has 1 aromatic heterocycles. The largest absolute Gasteiger partial charge is 0.495 e. The molecule has 0 bridgehead atoms. The standard InChI is InChI=1S/C20H25N3O3/c1-15-7-8-18(21-13-15)20(25)9-11-23(12-10-20)14-19(24)22-16-5-3-4-6-17(16)26-2/h3-8,13,25H,9-12,14H2,1-2H3,(H,22,24). The number of benzene rings is 1. The average molecular weight is 355 g/mol. The maximum absolute atomic E-state index is 12.3. The third-order valence-electron chi connectivity index (χ3n) is 4.82. The number of carbonyl (C=O) groups is 1. The molecule has 1 aromatic carbocycles. The highest BCUT2D eigenvalue weighted by Crippen LogP contribution is 2.31. The molecule has 0 atom stereocenters. The van der Waals surface area contributed by atoms with Gasteiger partial charge in [-0.3, -0.25) is 14.7 Å². The van der Waals surface area contributed by atoms with Gasteiger partial charge in [0.25, 0.3) is 0 Å². The molecule has 0 unspecified atom stereocenters. The maximum Gasteiger partial charge on any atom is 0.238 e. The van der Waals surface area contributed by atoms with Crippen molar-refractivity contribution < 1.29 is 14.6 Å². The van der Waals surface area contributed by atoms with Crippen molar-refractivity contribution >= 4 is 11.6 Å². The SMILES string of the molecule is COc1ccccc1NC(=O)CN1CCC(O)(c2ccc(C)cn2)CC1. The Morgan fingerprint density at radius 2 is 2.00 bits per heavy atom. The van der Waals surface area contributed by atoms with Crippen LogP contribution in [0.2, 0.25) is 0 Å². The predicted octanol–water partition coefficient (Wildman–Crippen LogP) is 2.32. The summed E-state index contributed by atoms with van der Waals surface area (Å²) in [4.78, 5) is 18.8. The van der Waals surface area contributed by atoms with E-state index in [1.54, 1.807) is 13.3 Å². The van der Waals surface area contributed by atoms with Gasteiger partial charge in [-0.25, -0.2) is 0 Å². The van der Waals surface area contributed by atoms with Crippen LogP contribution in [0.15, 0.2) is 42.6 Å². The van der Waals surface area contributed by atoms with Gasteiger partial charge in [-0.15, -0.1) is 0 Å². The molecular weight excluding hydrogens is 330 g/mol. The van der Waals surface area contributed by atoms with Gasteiger partial charge in [0, 0.05) is 19.3 Å². The number of para-hydroxylation sites is 2. The third-order valence-corrected chi connectivity index (χ3v) is 4.82. The number of aryl methyl sites for hydroxylation is 1. The quantitative estimate of drug-likeness (QED) is 0.861. The zero-order valence-corrected chi connectivity index (χ0v) is 15.2. The van der Waals surface area contributed by atoms with Crippen molar-refractivity contribution in [1.29, 1.82) is 0 Å². The molecule has 26 heavy (non-hydrogen) atoms. The van der Waals surface area contributed by atoms with Crippen LogP contribution in [0.25, 0.3) is 0 Å². The number of rotatable bonds is 5. The van der Waals surface area contributed by atoms with E-state index in [0.29, 0.717) is 43.1 Å². The van der Waals surface area contributed by atoms with Crippen LogP contribution in [0.4, 0.5) is 5.69 Å². The fraction of sp³-hybridized carbons (Fsp3) is 0.400. The molecule has 0 spiro atoms. The zero-order chi connectivity index (χ0) is 18.6. The Balaban J connectivity index is 1.55. The number of ether oxygens (including phenoxy) is 1. The van der Waals surface area contributed by atoms with Gasteiger partial charge in [-0.05, 0) is 43.5 Å². The number of nitrogens with one attached hydrogen (secondary N) is 1. The number of pyridine rings is 1. The monoisotopic (exact) mass is 355 g/mol. The lowest BCUT2D eigenvalue weighted by Crippen LogP contribution is -2.45. The van der Waals surface area contributed by atoms with Gasteiger partial charge in [0.05, 0.1) is 25.0 Å². The number of hydrogen-bond donors (Lipinski definition) is 2. The number of hydrogen-bond acceptors (Lipinski definition) is 5. The zero-order valence-electron chi connectivity index (χ0n) is 15.2. The molecule has 1 aliphatic rings. The van der Waals surface area contributed by atoms with Crippen LogP contribution >= 0.6 is 0 Å². The van der Waals surface area contributed by atoms with E-state index in [2.05, 4.69) is 10.3 Å². The minimum Gasteiger partial charge on any atom is -0.495 e. The molecule has 2 N–H and O–H groups in total. The first-order chi connectivity index (χ1) is 12.5. The molecule has 6 nitrogen and oxygen atoms in total. The molecule has 0 aliphatic carbocycles. The molecule has 1 fully saturated rings. The highest BCUT2D eigenvalue weighted by Gasteiger charge is 2.35. The fourth-order valence-electron chi connectivity index (χ4n) is 3.22. The Bertz CT molecular complexity index is 753. The van der Waals surface area contributed by atoms with Crippen molar-refractivity contribution in [2.75, 3.05) is 32.1 Å². The second kappa shape index (κ2) is 7.85. The number of piperidine rings is 1. The number of aliphatic hydroxyl groups is 1. The number of carbonyl (C=O) groups excluding carboxylic acids is 1. The topological polar surface area (TPSA) is 74.7 Å². The number of likely N-dealkylation sites (tertiary alicyclic amines) is 1. The van der Waals surface area contributed by atoms with E-state index in [-0.39, 0.29) is 12.5 Å². The Kier molecular flexibility index (Phi) is 5.54. The molecule has 3 rings (SSSR count). The van der Waals surface area contributed by atoms with Crippen LogP contribution < -0.4 is 10.1 Å². The summed E-state index contributed by atoms with van der Waals surface area (Å²) >= 11 is 0. The van der Waals surface area contributed by atoms with Crippen LogP contribution in [-0.2, 0) is 10.4 Å². The van der Waals surface area contributed by atoms with Gasteiger partial charge in [0.15, 0.2) is 0 Å². The number of anilines is 1. The average Bonchev–Trinajstić information content (AvgIpc) is 2.64. The Hall–Kier alpha value is -2.44. The summed E-state index contributed by atoms with van der Waals surface area (Å²) < 4.78 is 5.25. The van der Waals surface area contributed by atoms with Gasteiger partial charge < -0.3 is 15.2 Å². The summed E-state index contributed by atoms with van der Waals surface area (Å²) in [7, 11) is 1.58. The van der Waals surface area contributed by atoms with Gasteiger partial charge in [0.1, 0.15) is 11.4 Å². The lowest BCUT2D eigenvalue weighted by molar-refractivity contribution is -0.118. The predicted molar refractivity (Wildman–Crippen MR) is 100 cm³/mol. The Morgan fingerprint density at radius 3 is 2.65 bits per heavy atom. The summed E-state index contributed by atoms with van der Waals surface area (Å²) in [6, 6.07) is 11.2. The summed E-state index contributed by atoms with van der Waals surface area (Å²) in [5.74, 6) is 0.549. The van der Waals surface area contributed by atoms with Crippen molar-refractivity contribution in [1.82, 2.24) is 9.88 Å². The second-order valence-corrected chi connectivity index (χ2v) is 6.78. The highest BCUT2D eigenvalue weighted by molar-refractivity contribution is 5.93. The molecule has 6 heteroatoms. The second-order valence-electron chi connectivity index (χ2n) is 6.78. The van der Waals surface area contributed by atoms with Crippen molar-refractivity contribution in [3.8, 4) is 5.75 Å². The van der Waals surface area contributed by atoms with Crippen molar-refractivity contribution in [2.45, 2.75) is 25.4 Å². The molecule has 1 saturated heterocycles. The van der Waals surface area contributed by atoms with Crippen molar-refractivity contribution in [2.24, 2.45) is 0 Å².